The molecule has 1 aliphatic carbocycles. The van der Waals surface area contributed by atoms with Crippen LogP contribution in [0.15, 0.2) is 0 Å². The van der Waals surface area contributed by atoms with Crippen LogP contribution in [-0.4, -0.2) is 27.9 Å². The van der Waals surface area contributed by atoms with Crippen LogP contribution in [0.5, 0.6) is 0 Å². The highest BCUT2D eigenvalue weighted by molar-refractivity contribution is 5.12. The van der Waals surface area contributed by atoms with Crippen LogP contribution in [0.3, 0.4) is 0 Å². The van der Waals surface area contributed by atoms with E-state index in [-0.39, 0.29) is 5.41 Å². The number of nitrogens with one attached hydrogen (secondary N) is 1. The molecule has 2 aliphatic rings. The number of hydrogen-bond acceptors (Lipinski definition) is 3. The molecule has 1 aliphatic heterocycles. The molecule has 1 N–H and O–H groups in total. The summed E-state index contributed by atoms with van der Waals surface area (Å²) in [7, 11) is 0. The van der Waals surface area contributed by atoms with E-state index in [1.54, 1.807) is 0 Å². The van der Waals surface area contributed by atoms with Crippen molar-refractivity contribution in [3.05, 3.63) is 11.6 Å². The Balaban J connectivity index is 1.90. The molecule has 0 spiro atoms. The van der Waals surface area contributed by atoms with E-state index in [4.69, 9.17) is 0 Å². The van der Waals surface area contributed by atoms with Crippen molar-refractivity contribution in [2.75, 3.05) is 13.1 Å². The van der Waals surface area contributed by atoms with Crippen LogP contribution >= 0.6 is 0 Å². The quantitative estimate of drug-likeness (QED) is 0.928. The highest BCUT2D eigenvalue weighted by Crippen LogP contribution is 2.38. The van der Waals surface area contributed by atoms with Gasteiger partial charge in [-0.2, -0.15) is 0 Å². The largest absolute Gasteiger partial charge is 0.316 e. The normalized spacial score (nSPS) is 25.2. The smallest absolute Gasteiger partial charge is 0.139 e. The van der Waals surface area contributed by atoms with Crippen molar-refractivity contribution in [2.24, 2.45) is 5.92 Å². The minimum absolute atomic E-state index is 0.103. The van der Waals surface area contributed by atoms with Gasteiger partial charge < -0.3 is 9.88 Å². The number of nitrogens with zero attached hydrogens (tertiary/aromatic N) is 3. The predicted molar refractivity (Wildman–Crippen MR) is 85.5 cm³/mol. The van der Waals surface area contributed by atoms with Gasteiger partial charge in [-0.1, -0.05) is 33.1 Å². The Bertz CT molecular complexity index is 465. The third-order valence-corrected chi connectivity index (χ3v) is 5.70. The monoisotopic (exact) mass is 290 g/mol. The van der Waals surface area contributed by atoms with Crippen molar-refractivity contribution in [2.45, 2.75) is 77.2 Å². The first kappa shape index (κ1) is 15.0. The second kappa shape index (κ2) is 6.07. The molecule has 4 nitrogen and oxygen atoms in total. The fourth-order valence-electron chi connectivity index (χ4n) is 4.24. The van der Waals surface area contributed by atoms with Crippen molar-refractivity contribution in [3.63, 3.8) is 0 Å². The third-order valence-electron chi connectivity index (χ3n) is 5.70. The Labute approximate surface area is 128 Å². The maximum absolute atomic E-state index is 4.62. The average Bonchev–Trinajstić information content (AvgIpc) is 2.91. The molecule has 1 aromatic heterocycles. The summed E-state index contributed by atoms with van der Waals surface area (Å²) in [5.74, 6) is 2.99. The van der Waals surface area contributed by atoms with Gasteiger partial charge in [0, 0.05) is 11.5 Å². The molecule has 0 aromatic carbocycles. The Kier molecular flexibility index (Phi) is 4.34. The molecule has 1 saturated carbocycles. The lowest BCUT2D eigenvalue weighted by Gasteiger charge is -2.38. The maximum atomic E-state index is 4.62. The standard InChI is InChI=1S/C17H30N4/c1-13-19-20-16(21(13)15-9-5-4-6-10-15)17(2,3)14-8-7-11-18-12-14/h14-15,18H,4-12H2,1-3H3. The van der Waals surface area contributed by atoms with Gasteiger partial charge in [0.1, 0.15) is 11.6 Å². The number of rotatable bonds is 3. The van der Waals surface area contributed by atoms with Gasteiger partial charge >= 0.3 is 0 Å². The lowest BCUT2D eigenvalue weighted by atomic mass is 9.74. The van der Waals surface area contributed by atoms with Crippen LogP contribution in [0.4, 0.5) is 0 Å². The van der Waals surface area contributed by atoms with E-state index in [9.17, 15) is 0 Å². The Morgan fingerprint density at radius 3 is 2.48 bits per heavy atom. The highest BCUT2D eigenvalue weighted by atomic mass is 15.3. The maximum Gasteiger partial charge on any atom is 0.139 e. The predicted octanol–water partition coefficient (Wildman–Crippen LogP) is 3.37. The molecule has 2 fully saturated rings. The van der Waals surface area contributed by atoms with Gasteiger partial charge in [0.05, 0.1) is 0 Å². The zero-order valence-corrected chi connectivity index (χ0v) is 13.9. The molecule has 4 heteroatoms. The molecule has 21 heavy (non-hydrogen) atoms. The molecule has 0 amide bonds. The summed E-state index contributed by atoms with van der Waals surface area (Å²) in [4.78, 5) is 0. The molecular weight excluding hydrogens is 260 g/mol. The van der Waals surface area contributed by atoms with Gasteiger partial charge in [0.25, 0.3) is 0 Å². The molecule has 1 unspecified atom stereocenters. The minimum Gasteiger partial charge on any atom is -0.316 e. The van der Waals surface area contributed by atoms with Gasteiger partial charge in [0.2, 0.25) is 0 Å². The van der Waals surface area contributed by atoms with Gasteiger partial charge in [-0.05, 0) is 51.6 Å². The summed E-state index contributed by atoms with van der Waals surface area (Å²) in [6.45, 7) is 9.14. The van der Waals surface area contributed by atoms with Crippen molar-refractivity contribution < 1.29 is 0 Å². The third kappa shape index (κ3) is 2.87. The SMILES string of the molecule is Cc1nnc(C(C)(C)C2CCCNC2)n1C1CCCCC1. The number of piperidine rings is 1. The summed E-state index contributed by atoms with van der Waals surface area (Å²) in [5.41, 5.74) is 0.103. The Hall–Kier alpha value is -0.900. The van der Waals surface area contributed by atoms with E-state index >= 15 is 0 Å². The lowest BCUT2D eigenvalue weighted by molar-refractivity contribution is 0.224. The molecule has 3 rings (SSSR count). The van der Waals surface area contributed by atoms with Crippen LogP contribution < -0.4 is 5.32 Å². The molecular formula is C17H30N4. The zero-order chi connectivity index (χ0) is 14.9. The fraction of sp³-hybridized carbons (Fsp3) is 0.882. The van der Waals surface area contributed by atoms with Gasteiger partial charge in [-0.15, -0.1) is 10.2 Å². The van der Waals surface area contributed by atoms with E-state index in [0.717, 1.165) is 12.4 Å². The summed E-state index contributed by atoms with van der Waals surface area (Å²) < 4.78 is 2.48. The first-order valence-corrected chi connectivity index (χ1v) is 8.73. The summed E-state index contributed by atoms with van der Waals surface area (Å²) in [5, 5.41) is 12.6. The highest BCUT2D eigenvalue weighted by Gasteiger charge is 2.38. The zero-order valence-electron chi connectivity index (χ0n) is 13.9. The number of hydrogen-bond donors (Lipinski definition) is 1. The molecule has 2 heterocycles. The molecule has 1 saturated heterocycles. The lowest BCUT2D eigenvalue weighted by Crippen LogP contribution is -2.42. The van der Waals surface area contributed by atoms with Crippen molar-refractivity contribution in [1.29, 1.82) is 0 Å². The van der Waals surface area contributed by atoms with Crippen LogP contribution in [-0.2, 0) is 5.41 Å². The number of aryl methyl sites for hydroxylation is 1. The second-order valence-electron chi connectivity index (χ2n) is 7.50. The summed E-state index contributed by atoms with van der Waals surface area (Å²) in [6, 6.07) is 0.625. The Morgan fingerprint density at radius 2 is 1.81 bits per heavy atom. The van der Waals surface area contributed by atoms with E-state index in [0.29, 0.717) is 12.0 Å². The molecule has 0 radical (unpaired) electrons. The Morgan fingerprint density at radius 1 is 1.05 bits per heavy atom. The van der Waals surface area contributed by atoms with Crippen LogP contribution in [0, 0.1) is 12.8 Å². The second-order valence-corrected chi connectivity index (χ2v) is 7.50. The topological polar surface area (TPSA) is 42.7 Å². The van der Waals surface area contributed by atoms with Crippen molar-refractivity contribution in [1.82, 2.24) is 20.1 Å². The first-order chi connectivity index (χ1) is 10.1. The summed E-state index contributed by atoms with van der Waals surface area (Å²) >= 11 is 0. The van der Waals surface area contributed by atoms with Crippen LogP contribution in [0.25, 0.3) is 0 Å². The molecule has 0 bridgehead atoms. The first-order valence-electron chi connectivity index (χ1n) is 8.73. The van der Waals surface area contributed by atoms with Gasteiger partial charge in [-0.3, -0.25) is 0 Å². The average molecular weight is 290 g/mol. The fourth-order valence-corrected chi connectivity index (χ4v) is 4.24. The van der Waals surface area contributed by atoms with E-state index in [1.165, 1.54) is 57.3 Å². The molecule has 1 aromatic rings. The van der Waals surface area contributed by atoms with Crippen molar-refractivity contribution >= 4 is 0 Å². The van der Waals surface area contributed by atoms with E-state index < -0.39 is 0 Å². The van der Waals surface area contributed by atoms with Gasteiger partial charge in [0.15, 0.2) is 0 Å². The van der Waals surface area contributed by atoms with E-state index in [2.05, 4.69) is 40.9 Å². The molecule has 1 atom stereocenters. The number of aromatic nitrogens is 3. The van der Waals surface area contributed by atoms with Crippen LogP contribution in [0.2, 0.25) is 0 Å². The summed E-state index contributed by atoms with van der Waals surface area (Å²) in [6.07, 6.45) is 9.28. The van der Waals surface area contributed by atoms with Crippen molar-refractivity contribution in [3.8, 4) is 0 Å². The molecule has 118 valence electrons. The van der Waals surface area contributed by atoms with Gasteiger partial charge in [-0.25, -0.2) is 0 Å². The van der Waals surface area contributed by atoms with E-state index in [1.807, 2.05) is 0 Å². The van der Waals surface area contributed by atoms with Crippen LogP contribution in [0.1, 0.15) is 76.5 Å². The minimum atomic E-state index is 0.103.